The fourth-order valence-corrected chi connectivity index (χ4v) is 2.62. The second-order valence-corrected chi connectivity index (χ2v) is 5.54. The lowest BCUT2D eigenvalue weighted by Crippen LogP contribution is -2.07. The van der Waals surface area contributed by atoms with Crippen molar-refractivity contribution >= 4 is 28.3 Å². The van der Waals surface area contributed by atoms with Crippen molar-refractivity contribution < 1.29 is 4.79 Å². The molecule has 3 rings (SSSR count). The van der Waals surface area contributed by atoms with E-state index in [-0.39, 0.29) is 5.78 Å². The normalized spacial score (nSPS) is 11.0. The van der Waals surface area contributed by atoms with Crippen molar-refractivity contribution in [1.82, 2.24) is 9.78 Å². The summed E-state index contributed by atoms with van der Waals surface area (Å²) in [5.74, 6) is 0.154. The lowest BCUT2D eigenvalue weighted by molar-refractivity contribution is -0.117. The highest BCUT2D eigenvalue weighted by Gasteiger charge is 2.12. The van der Waals surface area contributed by atoms with Crippen LogP contribution in [0.25, 0.3) is 10.9 Å². The number of carbonyl (C=O) groups is 1. The monoisotopic (exact) mass is 298 g/mol. The molecular weight excluding hydrogens is 284 g/mol. The van der Waals surface area contributed by atoms with Gasteiger partial charge in [-0.1, -0.05) is 41.9 Å². The number of aryl methyl sites for hydroxylation is 1. The predicted molar refractivity (Wildman–Crippen MR) is 84.6 cm³/mol. The van der Waals surface area contributed by atoms with E-state index < -0.39 is 0 Å². The largest absolute Gasteiger partial charge is 0.299 e. The van der Waals surface area contributed by atoms with Crippen LogP contribution in [0.1, 0.15) is 11.3 Å². The van der Waals surface area contributed by atoms with Crippen LogP contribution in [0, 0.1) is 0 Å². The number of carbonyl (C=O) groups excluding carboxylic acids is 1. The highest BCUT2D eigenvalue weighted by molar-refractivity contribution is 6.30. The molecule has 0 saturated carbocycles. The van der Waals surface area contributed by atoms with Crippen molar-refractivity contribution in [2.24, 2.45) is 7.05 Å². The molecule has 0 amide bonds. The predicted octanol–water partition coefficient (Wildman–Crippen LogP) is 3.58. The maximum Gasteiger partial charge on any atom is 0.143 e. The number of hydrogen-bond donors (Lipinski definition) is 0. The van der Waals surface area contributed by atoms with Crippen molar-refractivity contribution in [2.75, 3.05) is 0 Å². The molecule has 0 aliphatic carbocycles. The van der Waals surface area contributed by atoms with Crippen LogP contribution in [-0.4, -0.2) is 15.6 Å². The third kappa shape index (κ3) is 2.98. The lowest BCUT2D eigenvalue weighted by Gasteiger charge is -2.00. The van der Waals surface area contributed by atoms with Crippen molar-refractivity contribution in [3.63, 3.8) is 0 Å². The third-order valence-electron chi connectivity index (χ3n) is 3.51. The summed E-state index contributed by atoms with van der Waals surface area (Å²) in [5, 5.41) is 6.19. The Labute approximate surface area is 128 Å². The lowest BCUT2D eigenvalue weighted by atomic mass is 10.0. The van der Waals surface area contributed by atoms with Crippen LogP contribution < -0.4 is 0 Å². The van der Waals surface area contributed by atoms with Crippen LogP contribution >= 0.6 is 11.6 Å². The first-order chi connectivity index (χ1) is 10.1. The highest BCUT2D eigenvalue weighted by Crippen LogP contribution is 2.18. The van der Waals surface area contributed by atoms with Crippen LogP contribution in [0.5, 0.6) is 0 Å². The van der Waals surface area contributed by atoms with Crippen molar-refractivity contribution in [3.8, 4) is 0 Å². The smallest absolute Gasteiger partial charge is 0.143 e. The van der Waals surface area contributed by atoms with E-state index in [0.29, 0.717) is 17.9 Å². The SMILES string of the molecule is Cn1nc(CC(=O)Cc2ccc(Cl)cc2)c2ccccc21. The summed E-state index contributed by atoms with van der Waals surface area (Å²) in [4.78, 5) is 12.2. The molecule has 4 heteroatoms. The number of rotatable bonds is 4. The van der Waals surface area contributed by atoms with Gasteiger partial charge in [0.15, 0.2) is 0 Å². The molecule has 1 aromatic heterocycles. The van der Waals surface area contributed by atoms with E-state index in [0.717, 1.165) is 22.2 Å². The molecule has 106 valence electrons. The number of Topliss-reactive ketones (excluding diaryl/α,β-unsaturated/α-hetero) is 1. The van der Waals surface area contributed by atoms with Gasteiger partial charge in [0.1, 0.15) is 5.78 Å². The number of halogens is 1. The Bertz CT molecular complexity index is 790. The molecule has 3 nitrogen and oxygen atoms in total. The molecule has 0 unspecified atom stereocenters. The van der Waals surface area contributed by atoms with E-state index in [9.17, 15) is 4.79 Å². The van der Waals surface area contributed by atoms with E-state index in [1.54, 1.807) is 12.1 Å². The van der Waals surface area contributed by atoms with Crippen molar-refractivity contribution in [1.29, 1.82) is 0 Å². The van der Waals surface area contributed by atoms with Gasteiger partial charge in [0.2, 0.25) is 0 Å². The Kier molecular flexibility index (Phi) is 3.76. The zero-order valence-corrected chi connectivity index (χ0v) is 12.5. The van der Waals surface area contributed by atoms with Gasteiger partial charge >= 0.3 is 0 Å². The molecule has 0 spiro atoms. The van der Waals surface area contributed by atoms with Crippen LogP contribution in [0.2, 0.25) is 5.02 Å². The van der Waals surface area contributed by atoms with Crippen molar-refractivity contribution in [3.05, 3.63) is 64.8 Å². The van der Waals surface area contributed by atoms with Gasteiger partial charge in [0.25, 0.3) is 0 Å². The fraction of sp³-hybridized carbons (Fsp3) is 0.176. The summed E-state index contributed by atoms with van der Waals surface area (Å²) < 4.78 is 1.82. The average Bonchev–Trinajstić information content (AvgIpc) is 2.78. The van der Waals surface area contributed by atoms with Gasteiger partial charge in [-0.05, 0) is 23.8 Å². The molecule has 1 heterocycles. The van der Waals surface area contributed by atoms with Gasteiger partial charge in [-0.15, -0.1) is 0 Å². The molecule has 0 radical (unpaired) electrons. The molecule has 21 heavy (non-hydrogen) atoms. The minimum atomic E-state index is 0.154. The summed E-state index contributed by atoms with van der Waals surface area (Å²) in [5.41, 5.74) is 2.86. The number of benzene rings is 2. The Morgan fingerprint density at radius 2 is 1.81 bits per heavy atom. The Morgan fingerprint density at radius 1 is 1.10 bits per heavy atom. The van der Waals surface area contributed by atoms with Gasteiger partial charge in [0, 0.05) is 23.9 Å². The second-order valence-electron chi connectivity index (χ2n) is 5.11. The Hall–Kier alpha value is -2.13. The maximum atomic E-state index is 12.2. The molecule has 0 atom stereocenters. The number of aromatic nitrogens is 2. The fourth-order valence-electron chi connectivity index (χ4n) is 2.50. The second kappa shape index (κ2) is 5.70. The summed E-state index contributed by atoms with van der Waals surface area (Å²) >= 11 is 5.85. The zero-order valence-electron chi connectivity index (χ0n) is 11.7. The van der Waals surface area contributed by atoms with Crippen LogP contribution in [0.4, 0.5) is 0 Å². The molecule has 0 saturated heterocycles. The zero-order chi connectivity index (χ0) is 14.8. The molecule has 0 aliphatic rings. The topological polar surface area (TPSA) is 34.9 Å². The van der Waals surface area contributed by atoms with Crippen LogP contribution in [0.3, 0.4) is 0 Å². The van der Waals surface area contributed by atoms with E-state index in [1.807, 2.05) is 48.1 Å². The minimum absolute atomic E-state index is 0.154. The van der Waals surface area contributed by atoms with Gasteiger partial charge < -0.3 is 0 Å². The summed E-state index contributed by atoms with van der Waals surface area (Å²) in [6, 6.07) is 15.3. The van der Waals surface area contributed by atoms with Gasteiger partial charge in [-0.25, -0.2) is 0 Å². The van der Waals surface area contributed by atoms with Gasteiger partial charge in [-0.3, -0.25) is 9.48 Å². The maximum absolute atomic E-state index is 12.2. The van der Waals surface area contributed by atoms with Gasteiger partial charge in [0.05, 0.1) is 17.6 Å². The number of nitrogens with zero attached hydrogens (tertiary/aromatic N) is 2. The van der Waals surface area contributed by atoms with Crippen LogP contribution in [-0.2, 0) is 24.7 Å². The minimum Gasteiger partial charge on any atom is -0.299 e. The number of fused-ring (bicyclic) bond motifs is 1. The van der Waals surface area contributed by atoms with Crippen LogP contribution in [0.15, 0.2) is 48.5 Å². The van der Waals surface area contributed by atoms with E-state index in [4.69, 9.17) is 11.6 Å². The molecule has 2 aromatic carbocycles. The first-order valence-corrected chi connectivity index (χ1v) is 7.18. The van der Waals surface area contributed by atoms with Gasteiger partial charge in [-0.2, -0.15) is 5.10 Å². The highest BCUT2D eigenvalue weighted by atomic mass is 35.5. The van der Waals surface area contributed by atoms with Crippen molar-refractivity contribution in [2.45, 2.75) is 12.8 Å². The third-order valence-corrected chi connectivity index (χ3v) is 3.77. The molecule has 0 N–H and O–H groups in total. The first-order valence-electron chi connectivity index (χ1n) is 6.80. The Balaban J connectivity index is 1.79. The number of para-hydroxylation sites is 1. The average molecular weight is 299 g/mol. The first kappa shape index (κ1) is 13.8. The molecule has 3 aromatic rings. The summed E-state index contributed by atoms with van der Waals surface area (Å²) in [6.07, 6.45) is 0.756. The van der Waals surface area contributed by atoms with E-state index in [2.05, 4.69) is 5.10 Å². The quantitative estimate of drug-likeness (QED) is 0.738. The summed E-state index contributed by atoms with van der Waals surface area (Å²) in [6.45, 7) is 0. The standard InChI is InChI=1S/C17H15ClN2O/c1-20-17-5-3-2-4-15(17)16(19-20)11-14(21)10-12-6-8-13(18)9-7-12/h2-9H,10-11H2,1H3. The van der Waals surface area contributed by atoms with E-state index >= 15 is 0 Å². The Morgan fingerprint density at radius 3 is 2.57 bits per heavy atom. The molecule has 0 fully saturated rings. The molecular formula is C17H15ClN2O. The molecule has 0 bridgehead atoms. The van der Waals surface area contributed by atoms with E-state index in [1.165, 1.54) is 0 Å². The molecule has 0 aliphatic heterocycles. The number of ketones is 1. The summed E-state index contributed by atoms with van der Waals surface area (Å²) in [7, 11) is 1.90. The number of hydrogen-bond acceptors (Lipinski definition) is 2.